The predicted octanol–water partition coefficient (Wildman–Crippen LogP) is 9.18. The fourth-order valence-corrected chi connectivity index (χ4v) is 7.85. The van der Waals surface area contributed by atoms with Gasteiger partial charge in [-0.2, -0.15) is 0 Å². The van der Waals surface area contributed by atoms with Crippen LogP contribution >= 0.6 is 0 Å². The minimum atomic E-state index is -1.73. The van der Waals surface area contributed by atoms with Gasteiger partial charge in [0, 0.05) is 13.0 Å². The van der Waals surface area contributed by atoms with E-state index in [1.807, 2.05) is 12.2 Å². The third-order valence-electron chi connectivity index (χ3n) is 12.3. The molecule has 11 unspecified atom stereocenters. The fourth-order valence-electron chi connectivity index (χ4n) is 7.85. The molecule has 0 amide bonds. The molecule has 11 atom stereocenters. The maximum Gasteiger partial charge on any atom is 0.306 e. The minimum absolute atomic E-state index is 0.0166. The fraction of sp³-hybridized carbons (Fsp3) is 0.678. The zero-order valence-electron chi connectivity index (χ0n) is 44.3. The highest BCUT2D eigenvalue weighted by Crippen LogP contribution is 2.26. The molecule has 2 aliphatic heterocycles. The van der Waals surface area contributed by atoms with Gasteiger partial charge in [0.1, 0.15) is 54.9 Å². The van der Waals surface area contributed by atoms with Crippen LogP contribution in [0, 0.1) is 0 Å². The number of ether oxygens (including phenoxy) is 6. The van der Waals surface area contributed by atoms with Gasteiger partial charge in [0.15, 0.2) is 12.6 Å². The average Bonchev–Trinajstić information content (AvgIpc) is 3.39. The van der Waals surface area contributed by atoms with Gasteiger partial charge in [-0.05, 0) is 89.9 Å². The van der Waals surface area contributed by atoms with Crippen molar-refractivity contribution < 1.29 is 69.0 Å². The van der Waals surface area contributed by atoms with E-state index in [0.29, 0.717) is 13.0 Å². The van der Waals surface area contributed by atoms with Crippen LogP contribution in [0.1, 0.15) is 155 Å². The van der Waals surface area contributed by atoms with Crippen LogP contribution in [0.4, 0.5) is 0 Å². The van der Waals surface area contributed by atoms with Crippen molar-refractivity contribution in [2.75, 3.05) is 33.0 Å². The van der Waals surface area contributed by atoms with E-state index < -0.39 is 86.7 Å². The Morgan fingerprint density at radius 2 is 0.890 bits per heavy atom. The summed E-state index contributed by atoms with van der Waals surface area (Å²) in [7, 11) is 0. The summed E-state index contributed by atoms with van der Waals surface area (Å²) in [5.74, 6) is -0.466. The van der Waals surface area contributed by atoms with E-state index in [1.54, 1.807) is 0 Å². The first kappa shape index (κ1) is 65.8. The Morgan fingerprint density at radius 1 is 0.466 bits per heavy atom. The first-order chi connectivity index (χ1) is 35.6. The number of aliphatic hydroxyl groups excluding tert-OH is 7. The smallest absolute Gasteiger partial charge is 0.306 e. The number of aliphatic hydroxyl groups is 7. The van der Waals surface area contributed by atoms with Crippen LogP contribution in [0.5, 0.6) is 0 Å². The Bertz CT molecular complexity index is 1620. The predicted molar refractivity (Wildman–Crippen MR) is 288 cm³/mol. The van der Waals surface area contributed by atoms with Gasteiger partial charge in [0.2, 0.25) is 0 Å². The molecule has 2 saturated heterocycles. The molecular weight excluding hydrogens is 933 g/mol. The lowest BCUT2D eigenvalue weighted by molar-refractivity contribution is -0.332. The summed E-state index contributed by atoms with van der Waals surface area (Å²) < 4.78 is 34.2. The van der Waals surface area contributed by atoms with Crippen molar-refractivity contribution in [3.8, 4) is 0 Å². The summed E-state index contributed by atoms with van der Waals surface area (Å²) >= 11 is 0. The SMILES string of the molecule is CC/C=C\C/C=C\C/C=C\C/C=C\C/C=C\C/C=C\CCC(=O)OC(COCCCCCCCCC/C=C\C/C=C\C/C=C\CCCCC)COC1OC(COC2OC(CO)C(O)C(O)C2O)C(O)C(O)C1O. The molecule has 0 aromatic heterocycles. The van der Waals surface area contributed by atoms with Crippen molar-refractivity contribution in [3.05, 3.63) is 109 Å². The van der Waals surface area contributed by atoms with Crippen LogP contribution in [0.3, 0.4) is 0 Å². The normalized spacial score (nSPS) is 25.8. The maximum atomic E-state index is 13.0. The molecule has 73 heavy (non-hydrogen) atoms. The summed E-state index contributed by atoms with van der Waals surface area (Å²) in [6.07, 6.45) is 44.4. The van der Waals surface area contributed by atoms with Gasteiger partial charge in [-0.1, -0.05) is 168 Å². The van der Waals surface area contributed by atoms with Crippen molar-refractivity contribution in [2.45, 2.75) is 223 Å². The third kappa shape index (κ3) is 32.0. The number of rotatable bonds is 42. The summed E-state index contributed by atoms with van der Waals surface area (Å²) in [6, 6.07) is 0. The summed E-state index contributed by atoms with van der Waals surface area (Å²) in [4.78, 5) is 13.0. The van der Waals surface area contributed by atoms with Gasteiger partial charge in [-0.3, -0.25) is 4.79 Å². The lowest BCUT2D eigenvalue weighted by Crippen LogP contribution is -2.61. The minimum Gasteiger partial charge on any atom is -0.457 e. The first-order valence-corrected chi connectivity index (χ1v) is 27.5. The highest BCUT2D eigenvalue weighted by Gasteiger charge is 2.47. The van der Waals surface area contributed by atoms with Crippen molar-refractivity contribution in [1.29, 1.82) is 0 Å². The molecule has 2 rings (SSSR count). The maximum absolute atomic E-state index is 13.0. The molecule has 0 bridgehead atoms. The van der Waals surface area contributed by atoms with Crippen LogP contribution in [-0.4, -0.2) is 142 Å². The molecule has 14 heteroatoms. The van der Waals surface area contributed by atoms with Gasteiger partial charge in [-0.15, -0.1) is 0 Å². The number of carbonyl (C=O) groups is 1. The number of hydrogen-bond acceptors (Lipinski definition) is 14. The van der Waals surface area contributed by atoms with Gasteiger partial charge >= 0.3 is 5.97 Å². The largest absolute Gasteiger partial charge is 0.457 e. The number of allylic oxidation sites excluding steroid dienone is 18. The van der Waals surface area contributed by atoms with E-state index in [2.05, 4.69) is 111 Å². The van der Waals surface area contributed by atoms with E-state index in [0.717, 1.165) is 83.5 Å². The van der Waals surface area contributed by atoms with Crippen molar-refractivity contribution in [2.24, 2.45) is 0 Å². The summed E-state index contributed by atoms with van der Waals surface area (Å²) in [5, 5.41) is 72.3. The van der Waals surface area contributed by atoms with E-state index >= 15 is 0 Å². The molecule has 7 N–H and O–H groups in total. The zero-order chi connectivity index (χ0) is 53.0. The highest BCUT2D eigenvalue weighted by atomic mass is 16.7. The number of esters is 1. The first-order valence-electron chi connectivity index (χ1n) is 27.5. The van der Waals surface area contributed by atoms with Crippen molar-refractivity contribution >= 4 is 5.97 Å². The van der Waals surface area contributed by atoms with Gasteiger partial charge in [0.05, 0.1) is 26.4 Å². The number of hydrogen-bond donors (Lipinski definition) is 7. The van der Waals surface area contributed by atoms with Gasteiger partial charge in [0.25, 0.3) is 0 Å². The average molecular weight is 1030 g/mol. The van der Waals surface area contributed by atoms with E-state index in [9.17, 15) is 40.5 Å². The second-order valence-electron chi connectivity index (χ2n) is 18.7. The molecular formula is C59H96O14. The monoisotopic (exact) mass is 1030 g/mol. The summed E-state index contributed by atoms with van der Waals surface area (Å²) in [5.41, 5.74) is 0. The molecule has 14 nitrogen and oxygen atoms in total. The van der Waals surface area contributed by atoms with Crippen LogP contribution in [-0.2, 0) is 33.2 Å². The van der Waals surface area contributed by atoms with E-state index in [-0.39, 0.29) is 19.6 Å². The lowest BCUT2D eigenvalue weighted by Gasteiger charge is -2.42. The topological polar surface area (TPSA) is 214 Å². The Hall–Kier alpha value is -3.35. The number of unbranched alkanes of at least 4 members (excludes halogenated alkanes) is 10. The quantitative estimate of drug-likeness (QED) is 0.0173. The standard InChI is InChI=1S/C59H96O14/c1-3-5-7-9-11-13-15-17-19-21-23-25-27-29-31-33-35-37-39-41-43-68-45-48(71-51(61)42-40-38-36-34-32-30-28-26-24-22-20-18-16-14-12-10-8-6-4-2)46-69-58-57(67)55(65)53(63)50(73-58)47-70-59-56(66)54(64)52(62)49(44-60)72-59/h6,8,11-14,17-20,23-26,30,32,36,38,48-50,52-60,62-67H,3-5,7,9-10,15-16,21-22,27-29,31,33-35,37,39-47H2,1-2H3/b8-6-,13-11-,14-12-,19-17-,20-18-,25-23-,26-24-,32-30-,38-36-. The lowest BCUT2D eigenvalue weighted by atomic mass is 9.98. The van der Waals surface area contributed by atoms with Gasteiger partial charge < -0.3 is 64.2 Å². The van der Waals surface area contributed by atoms with E-state index in [1.165, 1.54) is 44.9 Å². The van der Waals surface area contributed by atoms with Gasteiger partial charge in [-0.25, -0.2) is 0 Å². The van der Waals surface area contributed by atoms with Crippen LogP contribution in [0.25, 0.3) is 0 Å². The molecule has 2 aliphatic rings. The molecule has 0 radical (unpaired) electrons. The Kier molecular flexibility index (Phi) is 40.4. The van der Waals surface area contributed by atoms with Crippen LogP contribution < -0.4 is 0 Å². The third-order valence-corrected chi connectivity index (χ3v) is 12.3. The van der Waals surface area contributed by atoms with Crippen molar-refractivity contribution in [1.82, 2.24) is 0 Å². The molecule has 0 spiro atoms. The molecule has 0 aromatic rings. The highest BCUT2D eigenvalue weighted by molar-refractivity contribution is 5.69. The van der Waals surface area contributed by atoms with E-state index in [4.69, 9.17) is 28.4 Å². The molecule has 0 aliphatic carbocycles. The molecule has 2 heterocycles. The second kappa shape index (κ2) is 44.9. The Morgan fingerprint density at radius 3 is 1.40 bits per heavy atom. The van der Waals surface area contributed by atoms with Crippen molar-refractivity contribution in [3.63, 3.8) is 0 Å². The molecule has 0 aromatic carbocycles. The Labute approximate surface area is 438 Å². The molecule has 416 valence electrons. The Balaban J connectivity index is 1.79. The number of carbonyl (C=O) groups excluding carboxylic acids is 1. The van der Waals surface area contributed by atoms with Crippen LogP contribution in [0.2, 0.25) is 0 Å². The molecule has 0 saturated carbocycles. The van der Waals surface area contributed by atoms with Crippen LogP contribution in [0.15, 0.2) is 109 Å². The second-order valence-corrected chi connectivity index (χ2v) is 18.7. The zero-order valence-corrected chi connectivity index (χ0v) is 44.3. The summed E-state index contributed by atoms with van der Waals surface area (Å²) in [6.45, 7) is 3.40. The molecule has 2 fully saturated rings.